The van der Waals surface area contributed by atoms with Gasteiger partial charge in [0, 0.05) is 37.1 Å². The largest absolute Gasteiger partial charge is 0.416 e. The van der Waals surface area contributed by atoms with Crippen molar-refractivity contribution >= 4 is 21.0 Å². The minimum atomic E-state index is -4.62. The molecule has 0 fully saturated rings. The number of halogens is 3. The van der Waals surface area contributed by atoms with Gasteiger partial charge in [0.2, 0.25) is 5.43 Å². The quantitative estimate of drug-likeness (QED) is 0.194. The van der Waals surface area contributed by atoms with Crippen LogP contribution in [0.25, 0.3) is 16.9 Å². The van der Waals surface area contributed by atoms with Crippen molar-refractivity contribution in [2.75, 3.05) is 0 Å². The molecule has 1 unspecified atom stereocenters. The van der Waals surface area contributed by atoms with Gasteiger partial charge in [-0.05, 0) is 54.6 Å². The van der Waals surface area contributed by atoms with Crippen LogP contribution >= 0.6 is 0 Å². The van der Waals surface area contributed by atoms with Gasteiger partial charge in [0.25, 0.3) is 5.91 Å². The first-order chi connectivity index (χ1) is 19.4. The lowest BCUT2D eigenvalue weighted by molar-refractivity contribution is -0.137. The Balaban J connectivity index is 1.74. The number of rotatable bonds is 7. The van der Waals surface area contributed by atoms with E-state index in [0.717, 1.165) is 12.1 Å². The molecule has 1 amide bonds. The highest BCUT2D eigenvalue weighted by Crippen LogP contribution is 2.32. The fraction of sp³-hybridized carbons (Fsp3) is 0.179. The van der Waals surface area contributed by atoms with E-state index in [1.54, 1.807) is 57.4 Å². The molecule has 9 nitrogen and oxygen atoms in total. The Bertz CT molecular complexity index is 1840. The van der Waals surface area contributed by atoms with Crippen LogP contribution in [-0.2, 0) is 29.5 Å². The van der Waals surface area contributed by atoms with Gasteiger partial charge in [-0.2, -0.15) is 23.5 Å². The summed E-state index contributed by atoms with van der Waals surface area (Å²) >= 11 is 0. The van der Waals surface area contributed by atoms with E-state index in [0.29, 0.717) is 22.0 Å². The summed E-state index contributed by atoms with van der Waals surface area (Å²) in [6.45, 7) is 3.15. The normalized spacial score (nSPS) is 12.7. The van der Waals surface area contributed by atoms with Gasteiger partial charge < -0.3 is 9.88 Å². The standard InChI is InChI=1S/C28H25F3N6O3S/c1-4-41(40,35-17-32)22-10-8-19(9-11-22)15-33-27(39)23-16-37(24-12-13-34-36(24)3)18(2)25(26(23)38)20-6-5-7-21(14-20)28(29,30)31/h4-14,16H,15H2,1-3H3,(H,33,39)(H,35,40). The van der Waals surface area contributed by atoms with E-state index in [1.807, 2.05) is 0 Å². The average Bonchev–Trinajstić information content (AvgIpc) is 3.37. The highest BCUT2D eigenvalue weighted by Gasteiger charge is 2.31. The number of nitriles is 1. The third-order valence-electron chi connectivity index (χ3n) is 6.47. The molecule has 1 atom stereocenters. The first-order valence-electron chi connectivity index (χ1n) is 12.2. The minimum absolute atomic E-state index is 0.000257. The van der Waals surface area contributed by atoms with Crippen molar-refractivity contribution in [1.82, 2.24) is 24.4 Å². The van der Waals surface area contributed by atoms with Crippen LogP contribution in [0.5, 0.6) is 0 Å². The Hall–Kier alpha value is -4.83. The monoisotopic (exact) mass is 582 g/mol. The Labute approximate surface area is 234 Å². The molecule has 0 saturated heterocycles. The molecular weight excluding hydrogens is 557 g/mol. The number of amides is 1. The van der Waals surface area contributed by atoms with Crippen LogP contribution in [0.3, 0.4) is 0 Å². The van der Waals surface area contributed by atoms with Gasteiger partial charge in [-0.1, -0.05) is 24.3 Å². The van der Waals surface area contributed by atoms with Crippen molar-refractivity contribution in [2.24, 2.45) is 7.05 Å². The van der Waals surface area contributed by atoms with E-state index in [4.69, 9.17) is 5.26 Å². The number of aryl methyl sites for hydroxylation is 1. The summed E-state index contributed by atoms with van der Waals surface area (Å²) in [5.41, 5.74) is -1.01. The number of alkyl halides is 3. The zero-order chi connectivity index (χ0) is 29.9. The number of aromatic nitrogens is 3. The Kier molecular flexibility index (Phi) is 8.07. The summed E-state index contributed by atoms with van der Waals surface area (Å²) in [5.74, 6) is -0.247. The molecule has 41 heavy (non-hydrogen) atoms. The summed E-state index contributed by atoms with van der Waals surface area (Å²) in [6, 6.07) is 12.4. The molecule has 0 aliphatic rings. The Morgan fingerprint density at radius 3 is 2.46 bits per heavy atom. The number of nitrogens with zero attached hydrogens (tertiary/aromatic N) is 4. The highest BCUT2D eigenvalue weighted by atomic mass is 32.2. The number of hydrogen-bond acceptors (Lipinski definition) is 5. The van der Waals surface area contributed by atoms with E-state index in [-0.39, 0.29) is 23.2 Å². The van der Waals surface area contributed by atoms with Gasteiger partial charge in [-0.25, -0.2) is 8.93 Å². The van der Waals surface area contributed by atoms with E-state index in [2.05, 4.69) is 15.1 Å². The van der Waals surface area contributed by atoms with Gasteiger partial charge in [-0.3, -0.25) is 14.3 Å². The summed E-state index contributed by atoms with van der Waals surface area (Å²) in [7, 11) is -1.22. The zero-order valence-corrected chi connectivity index (χ0v) is 23.0. The summed E-state index contributed by atoms with van der Waals surface area (Å²) in [5, 5.41) is 17.1. The van der Waals surface area contributed by atoms with E-state index in [1.165, 1.54) is 39.1 Å². The summed E-state index contributed by atoms with van der Waals surface area (Å²) in [6.07, 6.45) is -0.0921. The first kappa shape index (κ1) is 29.2. The fourth-order valence-corrected chi connectivity index (χ4v) is 5.49. The lowest BCUT2D eigenvalue weighted by Crippen LogP contribution is -2.31. The molecule has 0 saturated carbocycles. The number of pyridine rings is 1. The summed E-state index contributed by atoms with van der Waals surface area (Å²) < 4.78 is 58.5. The average molecular weight is 583 g/mol. The number of carbonyl (C=O) groups is 1. The first-order valence-corrected chi connectivity index (χ1v) is 13.8. The molecule has 0 spiro atoms. The number of nitrogens with one attached hydrogen (secondary N) is 2. The van der Waals surface area contributed by atoms with Crippen LogP contribution in [0, 0.1) is 18.4 Å². The maximum Gasteiger partial charge on any atom is 0.416 e. The van der Waals surface area contributed by atoms with Crippen molar-refractivity contribution in [3.05, 3.63) is 99.6 Å². The lowest BCUT2D eigenvalue weighted by Gasteiger charge is -2.18. The van der Waals surface area contributed by atoms with E-state index in [9.17, 15) is 27.0 Å². The third-order valence-corrected chi connectivity index (χ3v) is 8.50. The van der Waals surface area contributed by atoms with Crippen molar-refractivity contribution in [1.29, 1.82) is 5.26 Å². The van der Waals surface area contributed by atoms with Crippen molar-refractivity contribution in [3.8, 4) is 23.1 Å². The van der Waals surface area contributed by atoms with Crippen LogP contribution in [0.15, 0.2) is 76.7 Å². The molecule has 0 bridgehead atoms. The van der Waals surface area contributed by atoms with Crippen molar-refractivity contribution in [3.63, 3.8) is 0 Å². The van der Waals surface area contributed by atoms with Crippen molar-refractivity contribution < 1.29 is 22.2 Å². The van der Waals surface area contributed by atoms with Crippen LogP contribution in [0.4, 0.5) is 13.2 Å². The SMILES string of the molecule is CC=S(=O)(NC#N)c1ccc(CNC(=O)c2cn(-c3ccnn3C)c(C)c(-c3cccc(C(F)(F)F)c3)c2=O)cc1. The lowest BCUT2D eigenvalue weighted by atomic mass is 9.99. The van der Waals surface area contributed by atoms with E-state index >= 15 is 0 Å². The molecule has 4 aromatic rings. The molecule has 0 radical (unpaired) electrons. The van der Waals surface area contributed by atoms with Crippen molar-refractivity contribution in [2.45, 2.75) is 31.5 Å². The second kappa shape index (κ2) is 11.3. The molecule has 0 aliphatic heterocycles. The molecule has 2 heterocycles. The molecular formula is C28H25F3N6O3S. The maximum atomic E-state index is 13.6. The van der Waals surface area contributed by atoms with Gasteiger partial charge >= 0.3 is 6.18 Å². The van der Waals surface area contributed by atoms with Crippen LogP contribution < -0.4 is 15.5 Å². The fourth-order valence-electron chi connectivity index (χ4n) is 4.31. The van der Waals surface area contributed by atoms with Gasteiger partial charge in [0.05, 0.1) is 26.4 Å². The number of carbonyl (C=O) groups excluding carboxylic acids is 1. The molecule has 2 aromatic carbocycles. The molecule has 13 heteroatoms. The Morgan fingerprint density at radius 1 is 1.17 bits per heavy atom. The number of hydrogen-bond donors (Lipinski definition) is 2. The third kappa shape index (κ3) is 5.87. The van der Waals surface area contributed by atoms with E-state index < -0.39 is 32.8 Å². The highest BCUT2D eigenvalue weighted by molar-refractivity contribution is 7.99. The minimum Gasteiger partial charge on any atom is -0.348 e. The zero-order valence-electron chi connectivity index (χ0n) is 22.2. The second-order valence-electron chi connectivity index (χ2n) is 8.97. The molecule has 2 aromatic heterocycles. The predicted octanol–water partition coefficient (Wildman–Crippen LogP) is 3.95. The molecule has 0 aliphatic carbocycles. The second-order valence-corrected chi connectivity index (χ2v) is 11.3. The van der Waals surface area contributed by atoms with Gasteiger partial charge in [-0.15, -0.1) is 0 Å². The van der Waals surface area contributed by atoms with Gasteiger partial charge in [0.1, 0.15) is 11.4 Å². The molecule has 4 rings (SSSR count). The predicted molar refractivity (Wildman–Crippen MR) is 148 cm³/mol. The van der Waals surface area contributed by atoms with Gasteiger partial charge in [0.15, 0.2) is 6.19 Å². The maximum absolute atomic E-state index is 13.6. The molecule has 212 valence electrons. The topological polar surface area (TPSA) is 122 Å². The summed E-state index contributed by atoms with van der Waals surface area (Å²) in [4.78, 5) is 27.3. The van der Waals surface area contributed by atoms with Crippen LogP contribution in [0.2, 0.25) is 0 Å². The van der Waals surface area contributed by atoms with Crippen LogP contribution in [0.1, 0.15) is 34.1 Å². The molecule has 2 N–H and O–H groups in total. The Morgan fingerprint density at radius 2 is 1.88 bits per heavy atom. The van der Waals surface area contributed by atoms with Crippen LogP contribution in [-0.4, -0.2) is 29.8 Å². The number of benzene rings is 2. The smallest absolute Gasteiger partial charge is 0.348 e.